The number of nitrogens with zero attached hydrogens (tertiary/aromatic N) is 5. The first kappa shape index (κ1) is 19.1. The molecule has 7 heteroatoms. The topological polar surface area (TPSA) is 61.9 Å². The number of hydrogen-bond acceptors (Lipinski definition) is 7. The van der Waals surface area contributed by atoms with E-state index in [0.717, 1.165) is 40.9 Å². The molecule has 4 rings (SSSR count). The molecule has 0 amide bonds. The number of thioether (sulfide) groups is 1. The van der Waals surface area contributed by atoms with Gasteiger partial charge in [0.1, 0.15) is 5.75 Å². The van der Waals surface area contributed by atoms with E-state index in [9.17, 15) is 0 Å². The molecule has 1 saturated heterocycles. The summed E-state index contributed by atoms with van der Waals surface area (Å²) in [6.07, 6.45) is 0. The smallest absolute Gasteiger partial charge is 0.119 e. The van der Waals surface area contributed by atoms with Gasteiger partial charge in [-0.2, -0.15) is 20.5 Å². The van der Waals surface area contributed by atoms with E-state index in [0.29, 0.717) is 0 Å². The van der Waals surface area contributed by atoms with Crippen LogP contribution < -0.4 is 9.64 Å². The minimum atomic E-state index is 0.757. The second kappa shape index (κ2) is 9.34. The monoisotopic (exact) mass is 403 g/mol. The summed E-state index contributed by atoms with van der Waals surface area (Å²) in [6.45, 7) is 1.10. The molecule has 0 saturated carbocycles. The van der Waals surface area contributed by atoms with Crippen molar-refractivity contribution in [2.75, 3.05) is 30.2 Å². The van der Waals surface area contributed by atoms with E-state index in [2.05, 4.69) is 37.5 Å². The summed E-state index contributed by atoms with van der Waals surface area (Å²) in [4.78, 5) is 2.37. The quantitative estimate of drug-likeness (QED) is 0.415. The van der Waals surface area contributed by atoms with Gasteiger partial charge in [-0.3, -0.25) is 0 Å². The van der Waals surface area contributed by atoms with Gasteiger partial charge < -0.3 is 9.64 Å². The van der Waals surface area contributed by atoms with Gasteiger partial charge in [-0.15, -0.1) is 11.8 Å². The molecule has 6 nitrogen and oxygen atoms in total. The van der Waals surface area contributed by atoms with Gasteiger partial charge in [-0.25, -0.2) is 0 Å². The largest absolute Gasteiger partial charge is 0.497 e. The van der Waals surface area contributed by atoms with Crippen LogP contribution in [0.5, 0.6) is 5.75 Å². The van der Waals surface area contributed by atoms with E-state index in [1.807, 2.05) is 72.4 Å². The summed E-state index contributed by atoms with van der Waals surface area (Å²) >= 11 is 1.96. The van der Waals surface area contributed by atoms with Gasteiger partial charge in [-0.05, 0) is 72.8 Å². The molecule has 0 aromatic heterocycles. The molecule has 0 spiro atoms. The number of methoxy groups -OCH3 is 1. The number of hydrogen-bond donors (Lipinski definition) is 0. The molecule has 0 unspecified atom stereocenters. The maximum atomic E-state index is 5.13. The minimum absolute atomic E-state index is 0.757. The van der Waals surface area contributed by atoms with Crippen LogP contribution in [0.15, 0.2) is 93.3 Å². The molecule has 0 radical (unpaired) electrons. The van der Waals surface area contributed by atoms with Crippen molar-refractivity contribution in [3.05, 3.63) is 72.8 Å². The van der Waals surface area contributed by atoms with Crippen LogP contribution in [0.1, 0.15) is 0 Å². The average Bonchev–Trinajstić information content (AvgIpc) is 3.33. The molecule has 146 valence electrons. The van der Waals surface area contributed by atoms with Gasteiger partial charge in [0, 0.05) is 18.0 Å². The summed E-state index contributed by atoms with van der Waals surface area (Å²) in [5.74, 6) is 3.04. The molecule has 1 heterocycles. The molecule has 3 aromatic carbocycles. The van der Waals surface area contributed by atoms with Crippen molar-refractivity contribution in [1.29, 1.82) is 0 Å². The Morgan fingerprint density at radius 3 is 1.55 bits per heavy atom. The van der Waals surface area contributed by atoms with E-state index < -0.39 is 0 Å². The zero-order chi connectivity index (χ0) is 19.9. The Morgan fingerprint density at radius 1 is 0.690 bits per heavy atom. The molecule has 29 heavy (non-hydrogen) atoms. The lowest BCUT2D eigenvalue weighted by molar-refractivity contribution is 0.415. The predicted octanol–water partition coefficient (Wildman–Crippen LogP) is 7.04. The Kier molecular flexibility index (Phi) is 6.16. The highest BCUT2D eigenvalue weighted by atomic mass is 32.2. The first-order valence-corrected chi connectivity index (χ1v) is 10.5. The van der Waals surface area contributed by atoms with Crippen molar-refractivity contribution >= 4 is 40.2 Å². The molecule has 1 aliphatic rings. The van der Waals surface area contributed by atoms with Crippen LogP contribution in [-0.2, 0) is 0 Å². The van der Waals surface area contributed by atoms with Crippen molar-refractivity contribution in [2.45, 2.75) is 0 Å². The second-order valence-electron chi connectivity index (χ2n) is 6.43. The van der Waals surface area contributed by atoms with E-state index in [4.69, 9.17) is 4.74 Å². The van der Waals surface area contributed by atoms with Crippen LogP contribution in [0.2, 0.25) is 0 Å². The SMILES string of the molecule is COc1ccc(N=Nc2ccc(N=Nc3ccc(N4CCSC4)cc3)cc2)cc1. The number of azo groups is 2. The number of ether oxygens (including phenoxy) is 1. The standard InChI is InChI=1S/C22H21N5OS/c1-28-22-12-8-20(9-13-22)26-24-18-4-2-17(3-5-18)23-25-19-6-10-21(11-7-19)27-14-15-29-16-27/h2-13H,14-16H2,1H3. The van der Waals surface area contributed by atoms with Crippen molar-refractivity contribution in [3.63, 3.8) is 0 Å². The van der Waals surface area contributed by atoms with Crippen molar-refractivity contribution in [2.24, 2.45) is 20.5 Å². The number of rotatable bonds is 6. The molecule has 3 aromatic rings. The Morgan fingerprint density at radius 2 is 1.14 bits per heavy atom. The fourth-order valence-electron chi connectivity index (χ4n) is 2.81. The maximum Gasteiger partial charge on any atom is 0.119 e. The molecule has 0 atom stereocenters. The molecule has 0 bridgehead atoms. The van der Waals surface area contributed by atoms with Gasteiger partial charge in [0.2, 0.25) is 0 Å². The number of anilines is 1. The molecular formula is C22H21N5OS. The normalized spacial score (nSPS) is 14.2. The van der Waals surface area contributed by atoms with Crippen LogP contribution in [0, 0.1) is 0 Å². The number of benzene rings is 3. The Balaban J connectivity index is 1.36. The lowest BCUT2D eigenvalue weighted by atomic mass is 10.2. The highest BCUT2D eigenvalue weighted by Crippen LogP contribution is 2.27. The van der Waals surface area contributed by atoms with Crippen LogP contribution in [-0.4, -0.2) is 25.3 Å². The highest BCUT2D eigenvalue weighted by molar-refractivity contribution is 7.99. The van der Waals surface area contributed by atoms with Gasteiger partial charge in [0.15, 0.2) is 0 Å². The van der Waals surface area contributed by atoms with Crippen molar-refractivity contribution in [1.82, 2.24) is 0 Å². The van der Waals surface area contributed by atoms with E-state index in [-0.39, 0.29) is 0 Å². The maximum absolute atomic E-state index is 5.13. The third-order valence-corrected chi connectivity index (χ3v) is 5.42. The molecule has 0 aliphatic carbocycles. The summed E-state index contributed by atoms with van der Waals surface area (Å²) in [5.41, 5.74) is 4.37. The van der Waals surface area contributed by atoms with Crippen molar-refractivity contribution in [3.8, 4) is 5.75 Å². The van der Waals surface area contributed by atoms with Crippen molar-refractivity contribution < 1.29 is 4.74 Å². The average molecular weight is 404 g/mol. The van der Waals surface area contributed by atoms with Crippen LogP contribution in [0.3, 0.4) is 0 Å². The van der Waals surface area contributed by atoms with Gasteiger partial charge in [0.05, 0.1) is 35.7 Å². The lowest BCUT2D eigenvalue weighted by Gasteiger charge is -2.16. The fourth-order valence-corrected chi connectivity index (χ4v) is 3.79. The molecule has 1 aliphatic heterocycles. The molecule has 1 fully saturated rings. The first-order valence-electron chi connectivity index (χ1n) is 9.30. The Hall–Kier alpha value is -3.19. The molecule has 0 N–H and O–H groups in total. The second-order valence-corrected chi connectivity index (χ2v) is 7.51. The van der Waals surface area contributed by atoms with Gasteiger partial charge in [0.25, 0.3) is 0 Å². The highest BCUT2D eigenvalue weighted by Gasteiger charge is 2.11. The zero-order valence-corrected chi connectivity index (χ0v) is 16.9. The third kappa shape index (κ3) is 5.20. The Bertz CT molecular complexity index is 979. The molecular weight excluding hydrogens is 382 g/mol. The van der Waals surface area contributed by atoms with Gasteiger partial charge in [-0.1, -0.05) is 0 Å². The van der Waals surface area contributed by atoms with Crippen LogP contribution in [0.4, 0.5) is 28.4 Å². The van der Waals surface area contributed by atoms with E-state index in [1.54, 1.807) is 7.11 Å². The van der Waals surface area contributed by atoms with Crippen LogP contribution in [0.25, 0.3) is 0 Å². The summed E-state index contributed by atoms with van der Waals surface area (Å²) in [7, 11) is 1.64. The summed E-state index contributed by atoms with van der Waals surface area (Å²) in [6, 6.07) is 23.1. The summed E-state index contributed by atoms with van der Waals surface area (Å²) < 4.78 is 5.13. The first-order chi connectivity index (χ1) is 14.3. The van der Waals surface area contributed by atoms with E-state index >= 15 is 0 Å². The minimum Gasteiger partial charge on any atom is -0.497 e. The predicted molar refractivity (Wildman–Crippen MR) is 119 cm³/mol. The fraction of sp³-hybridized carbons (Fsp3) is 0.182. The summed E-state index contributed by atoms with van der Waals surface area (Å²) in [5, 5.41) is 17.1. The van der Waals surface area contributed by atoms with Crippen LogP contribution >= 0.6 is 11.8 Å². The zero-order valence-electron chi connectivity index (χ0n) is 16.1. The third-order valence-electron chi connectivity index (χ3n) is 4.45. The Labute approximate surface area is 174 Å². The van der Waals surface area contributed by atoms with E-state index in [1.165, 1.54) is 11.4 Å². The lowest BCUT2D eigenvalue weighted by Crippen LogP contribution is -2.17. The van der Waals surface area contributed by atoms with Gasteiger partial charge >= 0.3 is 0 Å².